The summed E-state index contributed by atoms with van der Waals surface area (Å²) >= 11 is 0. The van der Waals surface area contributed by atoms with Crippen molar-refractivity contribution in [2.45, 2.75) is 52.4 Å². The molecule has 1 heterocycles. The normalized spacial score (nSPS) is 16.2. The fraction of sp³-hybridized carbons (Fsp3) is 0.909. The number of rotatable bonds is 5. The molecule has 1 rings (SSSR count). The molecule has 78 valence electrons. The minimum absolute atomic E-state index is 0. The molecule has 0 saturated carbocycles. The minimum Gasteiger partial charge on any atom is -1.00 e. The van der Waals surface area contributed by atoms with Gasteiger partial charge in [-0.05, 0) is 6.42 Å². The molecule has 0 spiro atoms. The third-order valence-corrected chi connectivity index (χ3v) is 2.78. The van der Waals surface area contributed by atoms with Crippen molar-refractivity contribution in [3.05, 3.63) is 0 Å². The molecule has 1 aliphatic heterocycles. The highest BCUT2D eigenvalue weighted by molar-refractivity contribution is 5.80. The lowest BCUT2D eigenvalue weighted by molar-refractivity contribution is -0.521. The third-order valence-electron chi connectivity index (χ3n) is 2.78. The van der Waals surface area contributed by atoms with Crippen molar-refractivity contribution in [3.63, 3.8) is 0 Å². The van der Waals surface area contributed by atoms with E-state index in [-0.39, 0.29) is 17.0 Å². The van der Waals surface area contributed by atoms with E-state index in [2.05, 4.69) is 18.4 Å². The monoisotopic (exact) mass is 247 g/mol. The van der Waals surface area contributed by atoms with E-state index in [1.807, 2.05) is 0 Å². The maximum Gasteiger partial charge on any atom is 0.152 e. The second-order valence-electron chi connectivity index (χ2n) is 3.72. The molecule has 0 bridgehead atoms. The van der Waals surface area contributed by atoms with Crippen molar-refractivity contribution in [2.24, 2.45) is 0 Å². The highest BCUT2D eigenvalue weighted by Gasteiger charge is 2.19. The Morgan fingerprint density at radius 2 is 2.00 bits per heavy atom. The van der Waals surface area contributed by atoms with Crippen LogP contribution in [-0.4, -0.2) is 23.4 Å². The van der Waals surface area contributed by atoms with Gasteiger partial charge in [0.2, 0.25) is 0 Å². The van der Waals surface area contributed by atoms with Crippen LogP contribution in [0, 0.1) is 0 Å². The lowest BCUT2D eigenvalue weighted by Gasteiger charge is -1.99. The first-order chi connectivity index (χ1) is 5.88. The van der Waals surface area contributed by atoms with Gasteiger partial charge in [-0.3, -0.25) is 0 Å². The number of hydrogen-bond acceptors (Lipinski definition) is 0. The summed E-state index contributed by atoms with van der Waals surface area (Å²) in [6, 6.07) is 0. The van der Waals surface area contributed by atoms with Crippen LogP contribution in [0.2, 0.25) is 0 Å². The summed E-state index contributed by atoms with van der Waals surface area (Å²) in [5.41, 5.74) is 1.70. The Bertz CT molecular complexity index is 163. The molecular formula is C11H22BrN. The Kier molecular flexibility index (Phi) is 7.63. The molecule has 1 nitrogen and oxygen atoms in total. The summed E-state index contributed by atoms with van der Waals surface area (Å²) < 4.78 is 2.61. The Labute approximate surface area is 93.0 Å². The second kappa shape index (κ2) is 7.54. The van der Waals surface area contributed by atoms with Crippen LogP contribution < -0.4 is 17.0 Å². The molecule has 1 aliphatic rings. The first kappa shape index (κ1) is 13.2. The summed E-state index contributed by atoms with van der Waals surface area (Å²) in [6.07, 6.45) is 8.16. The van der Waals surface area contributed by atoms with Crippen molar-refractivity contribution < 1.29 is 21.6 Å². The molecule has 0 aliphatic carbocycles. The van der Waals surface area contributed by atoms with E-state index in [0.29, 0.717) is 0 Å². The Balaban J connectivity index is 0.00000144. The minimum atomic E-state index is 0. The molecule has 0 saturated heterocycles. The van der Waals surface area contributed by atoms with E-state index in [1.165, 1.54) is 51.6 Å². The van der Waals surface area contributed by atoms with Crippen LogP contribution in [-0.2, 0) is 0 Å². The average molecular weight is 248 g/mol. The lowest BCUT2D eigenvalue weighted by Crippen LogP contribution is -3.00. The molecule has 0 fully saturated rings. The predicted molar refractivity (Wildman–Crippen MR) is 54.1 cm³/mol. The van der Waals surface area contributed by atoms with Crippen LogP contribution in [0.1, 0.15) is 52.4 Å². The smallest absolute Gasteiger partial charge is 0.152 e. The van der Waals surface area contributed by atoms with E-state index in [4.69, 9.17) is 0 Å². The molecule has 0 aromatic carbocycles. The van der Waals surface area contributed by atoms with E-state index in [0.717, 1.165) is 0 Å². The van der Waals surface area contributed by atoms with Crippen LogP contribution in [0.15, 0.2) is 0 Å². The third kappa shape index (κ3) is 4.26. The number of unbranched alkanes of at least 4 members (excludes halogenated alkanes) is 2. The molecule has 0 amide bonds. The molecule has 0 N–H and O–H groups in total. The summed E-state index contributed by atoms with van der Waals surface area (Å²) in [6.45, 7) is 7.20. The molecule has 13 heavy (non-hydrogen) atoms. The first-order valence-corrected chi connectivity index (χ1v) is 5.48. The zero-order chi connectivity index (χ0) is 8.81. The zero-order valence-corrected chi connectivity index (χ0v) is 10.6. The van der Waals surface area contributed by atoms with Gasteiger partial charge in [0.1, 0.15) is 13.1 Å². The molecule has 2 heteroatoms. The standard InChI is InChI=1S/C11H22N.BrH/c1-3-5-6-9-12-10-7-8-11(12)4-2;/h3-10H2,1-2H3;1H/q+1;/p-1. The molecule has 0 unspecified atom stereocenters. The SMILES string of the molecule is CCCCC[N+]1=C(CC)CCC1.[Br-]. The van der Waals surface area contributed by atoms with Crippen LogP contribution >= 0.6 is 0 Å². The number of halogens is 1. The van der Waals surface area contributed by atoms with Crippen LogP contribution in [0.5, 0.6) is 0 Å². The number of hydrogen-bond donors (Lipinski definition) is 0. The fourth-order valence-electron chi connectivity index (χ4n) is 2.01. The topological polar surface area (TPSA) is 3.01 Å². The Morgan fingerprint density at radius 3 is 2.62 bits per heavy atom. The van der Waals surface area contributed by atoms with E-state index in [1.54, 1.807) is 5.71 Å². The van der Waals surface area contributed by atoms with Crippen LogP contribution in [0.4, 0.5) is 0 Å². The maximum atomic E-state index is 2.61. The first-order valence-electron chi connectivity index (χ1n) is 5.48. The average Bonchev–Trinajstić information content (AvgIpc) is 2.52. The summed E-state index contributed by atoms with van der Waals surface area (Å²) in [4.78, 5) is 0. The Hall–Kier alpha value is 0.150. The summed E-state index contributed by atoms with van der Waals surface area (Å²) in [7, 11) is 0. The lowest BCUT2D eigenvalue weighted by atomic mass is 10.2. The number of nitrogens with zero attached hydrogens (tertiary/aromatic N) is 1. The maximum absolute atomic E-state index is 2.61. The van der Waals surface area contributed by atoms with Crippen LogP contribution in [0.25, 0.3) is 0 Å². The van der Waals surface area contributed by atoms with Crippen molar-refractivity contribution in [1.29, 1.82) is 0 Å². The second-order valence-corrected chi connectivity index (χ2v) is 3.72. The van der Waals surface area contributed by atoms with Gasteiger partial charge < -0.3 is 17.0 Å². The molecule has 0 aromatic heterocycles. The van der Waals surface area contributed by atoms with E-state index < -0.39 is 0 Å². The van der Waals surface area contributed by atoms with Crippen LogP contribution in [0.3, 0.4) is 0 Å². The van der Waals surface area contributed by atoms with Gasteiger partial charge >= 0.3 is 0 Å². The van der Waals surface area contributed by atoms with Crippen molar-refractivity contribution in [3.8, 4) is 0 Å². The quantitative estimate of drug-likeness (QED) is 0.470. The van der Waals surface area contributed by atoms with Gasteiger partial charge in [0.25, 0.3) is 0 Å². The molecule has 0 atom stereocenters. The van der Waals surface area contributed by atoms with E-state index >= 15 is 0 Å². The van der Waals surface area contributed by atoms with Crippen molar-refractivity contribution in [1.82, 2.24) is 0 Å². The van der Waals surface area contributed by atoms with Gasteiger partial charge in [0.15, 0.2) is 5.71 Å². The summed E-state index contributed by atoms with van der Waals surface area (Å²) in [5, 5.41) is 0. The molecule has 0 aromatic rings. The van der Waals surface area contributed by atoms with Gasteiger partial charge in [-0.1, -0.05) is 20.3 Å². The van der Waals surface area contributed by atoms with Gasteiger partial charge in [-0.2, -0.15) is 0 Å². The van der Waals surface area contributed by atoms with E-state index in [9.17, 15) is 0 Å². The largest absolute Gasteiger partial charge is 1.00 e. The van der Waals surface area contributed by atoms with Gasteiger partial charge in [-0.25, -0.2) is 4.58 Å². The van der Waals surface area contributed by atoms with Crippen molar-refractivity contribution >= 4 is 5.71 Å². The fourth-order valence-corrected chi connectivity index (χ4v) is 2.01. The highest BCUT2D eigenvalue weighted by atomic mass is 79.9. The summed E-state index contributed by atoms with van der Waals surface area (Å²) in [5.74, 6) is 0. The van der Waals surface area contributed by atoms with Crippen molar-refractivity contribution in [2.75, 3.05) is 13.1 Å². The highest BCUT2D eigenvalue weighted by Crippen LogP contribution is 2.08. The molecular weight excluding hydrogens is 226 g/mol. The van der Waals surface area contributed by atoms with Gasteiger partial charge in [0.05, 0.1) is 0 Å². The van der Waals surface area contributed by atoms with Gasteiger partial charge in [0, 0.05) is 25.7 Å². The predicted octanol–water partition coefficient (Wildman–Crippen LogP) is -0.162. The zero-order valence-electron chi connectivity index (χ0n) is 8.98. The molecule has 0 radical (unpaired) electrons. The van der Waals surface area contributed by atoms with Gasteiger partial charge in [-0.15, -0.1) is 0 Å². The Morgan fingerprint density at radius 1 is 1.23 bits per heavy atom.